The first-order chi connectivity index (χ1) is 15.5. The number of aryl methyl sites for hydroxylation is 1. The second-order valence-electron chi connectivity index (χ2n) is 7.23. The lowest BCUT2D eigenvalue weighted by molar-refractivity contribution is 0.580. The molecular formula is C24H18FN5OS. The van der Waals surface area contributed by atoms with Crippen molar-refractivity contribution in [2.75, 3.05) is 5.73 Å². The number of para-hydroxylation sites is 2. The summed E-state index contributed by atoms with van der Waals surface area (Å²) in [7, 11) is 1.84. The van der Waals surface area contributed by atoms with Gasteiger partial charge in [0.05, 0.1) is 22.2 Å². The van der Waals surface area contributed by atoms with Crippen LogP contribution in [0, 0.1) is 5.82 Å². The van der Waals surface area contributed by atoms with Crippen molar-refractivity contribution in [2.45, 2.75) is 10.1 Å². The molecule has 0 aliphatic rings. The summed E-state index contributed by atoms with van der Waals surface area (Å²) in [6, 6.07) is 19.8. The van der Waals surface area contributed by atoms with Crippen molar-refractivity contribution in [1.29, 1.82) is 0 Å². The van der Waals surface area contributed by atoms with Crippen molar-refractivity contribution < 1.29 is 8.94 Å². The topological polar surface area (TPSA) is 92.7 Å². The predicted molar refractivity (Wildman–Crippen MR) is 123 cm³/mol. The average Bonchev–Trinajstić information content (AvgIpc) is 3.16. The van der Waals surface area contributed by atoms with Crippen LogP contribution in [0.2, 0.25) is 0 Å². The van der Waals surface area contributed by atoms with E-state index in [4.69, 9.17) is 5.73 Å². The van der Waals surface area contributed by atoms with Crippen LogP contribution >= 0.6 is 0 Å². The molecule has 0 fully saturated rings. The van der Waals surface area contributed by atoms with E-state index in [0.29, 0.717) is 32.3 Å². The lowest BCUT2D eigenvalue weighted by Gasteiger charge is -2.14. The number of nitrogens with zero attached hydrogens (tertiary/aromatic N) is 4. The number of hydrogen-bond acceptors (Lipinski definition) is 5. The number of benzene rings is 3. The molecule has 6 nitrogen and oxygen atoms in total. The fraction of sp³-hybridized carbons (Fsp3) is 0.0417. The molecule has 2 aromatic heterocycles. The van der Waals surface area contributed by atoms with E-state index in [1.165, 1.54) is 18.5 Å². The number of fused-ring (bicyclic) bond motifs is 1. The first-order valence-corrected chi connectivity index (χ1v) is 11.0. The van der Waals surface area contributed by atoms with Crippen molar-refractivity contribution in [3.05, 3.63) is 84.9 Å². The zero-order valence-corrected chi connectivity index (χ0v) is 17.9. The molecule has 2 N–H and O–H groups in total. The third-order valence-corrected chi connectivity index (χ3v) is 6.71. The maximum absolute atomic E-state index is 15.0. The first kappa shape index (κ1) is 20.2. The fourth-order valence-electron chi connectivity index (χ4n) is 3.65. The number of nitrogens with two attached hydrogens (primary N) is 1. The second kappa shape index (κ2) is 8.07. The number of imidazole rings is 1. The molecule has 0 saturated carbocycles. The number of halogens is 1. The lowest BCUT2D eigenvalue weighted by atomic mass is 10.0. The van der Waals surface area contributed by atoms with E-state index in [2.05, 4.69) is 15.0 Å². The molecule has 0 saturated heterocycles. The summed E-state index contributed by atoms with van der Waals surface area (Å²) in [6.45, 7) is 0. The molecule has 0 radical (unpaired) electrons. The molecular weight excluding hydrogens is 425 g/mol. The van der Waals surface area contributed by atoms with Gasteiger partial charge in [0.25, 0.3) is 0 Å². The van der Waals surface area contributed by atoms with E-state index in [-0.39, 0.29) is 5.95 Å². The SMILES string of the molecule is Cn1c([S+]([O-])c2ccccc2-c2ccc(-c3cnc(N)nc3)c(F)c2)nc2ccccc21. The summed E-state index contributed by atoms with van der Waals surface area (Å²) in [5.74, 6) is -0.302. The highest BCUT2D eigenvalue weighted by Crippen LogP contribution is 2.34. The highest BCUT2D eigenvalue weighted by atomic mass is 32.2. The monoisotopic (exact) mass is 443 g/mol. The van der Waals surface area contributed by atoms with Gasteiger partial charge in [-0.1, -0.05) is 36.4 Å². The lowest BCUT2D eigenvalue weighted by Crippen LogP contribution is -2.10. The minimum atomic E-state index is -1.56. The summed E-state index contributed by atoms with van der Waals surface area (Å²) >= 11 is -1.56. The molecule has 0 spiro atoms. The number of nitrogen functional groups attached to an aromatic ring is 1. The van der Waals surface area contributed by atoms with Crippen LogP contribution in [-0.2, 0) is 18.2 Å². The van der Waals surface area contributed by atoms with Gasteiger partial charge in [0.1, 0.15) is 5.82 Å². The number of aromatic nitrogens is 4. The average molecular weight is 444 g/mol. The maximum atomic E-state index is 15.0. The van der Waals surface area contributed by atoms with E-state index in [1.54, 1.807) is 18.2 Å². The van der Waals surface area contributed by atoms with E-state index in [9.17, 15) is 4.55 Å². The Kier molecular flexibility index (Phi) is 5.08. The van der Waals surface area contributed by atoms with Gasteiger partial charge in [0.2, 0.25) is 5.95 Å². The van der Waals surface area contributed by atoms with Crippen LogP contribution < -0.4 is 5.73 Å². The predicted octanol–water partition coefficient (Wildman–Crippen LogP) is 4.59. The summed E-state index contributed by atoms with van der Waals surface area (Å²) < 4.78 is 30.4. The smallest absolute Gasteiger partial charge is 0.329 e. The number of anilines is 1. The van der Waals surface area contributed by atoms with E-state index in [1.807, 2.05) is 54.1 Å². The summed E-state index contributed by atoms with van der Waals surface area (Å²) in [6.07, 6.45) is 2.96. The molecule has 0 aliphatic carbocycles. The van der Waals surface area contributed by atoms with Crippen molar-refractivity contribution >= 4 is 28.2 Å². The molecule has 1 unspecified atom stereocenters. The van der Waals surface area contributed by atoms with Crippen molar-refractivity contribution in [3.8, 4) is 22.3 Å². The van der Waals surface area contributed by atoms with Gasteiger partial charge in [-0.25, -0.2) is 14.4 Å². The Morgan fingerprint density at radius 3 is 2.38 bits per heavy atom. The molecule has 0 bridgehead atoms. The number of hydrogen-bond donors (Lipinski definition) is 1. The molecule has 5 aromatic rings. The van der Waals surface area contributed by atoms with Gasteiger partial charge in [0, 0.05) is 36.1 Å². The van der Waals surface area contributed by atoms with Gasteiger partial charge in [-0.3, -0.25) is 4.57 Å². The van der Waals surface area contributed by atoms with E-state index in [0.717, 1.165) is 11.0 Å². The van der Waals surface area contributed by atoms with Gasteiger partial charge >= 0.3 is 5.16 Å². The Bertz CT molecular complexity index is 1430. The molecule has 3 aromatic carbocycles. The molecule has 2 heterocycles. The maximum Gasteiger partial charge on any atom is 0.329 e. The molecule has 1 atom stereocenters. The van der Waals surface area contributed by atoms with Crippen molar-refractivity contribution in [1.82, 2.24) is 19.5 Å². The Morgan fingerprint density at radius 2 is 1.62 bits per heavy atom. The van der Waals surface area contributed by atoms with Gasteiger partial charge in [0.15, 0.2) is 4.90 Å². The Balaban J connectivity index is 1.56. The Labute approximate surface area is 186 Å². The van der Waals surface area contributed by atoms with E-state index < -0.39 is 17.0 Å². The molecule has 158 valence electrons. The third-order valence-electron chi connectivity index (χ3n) is 5.26. The fourth-order valence-corrected chi connectivity index (χ4v) is 4.96. The summed E-state index contributed by atoms with van der Waals surface area (Å²) in [4.78, 5) is 13.0. The largest absolute Gasteiger partial charge is 0.604 e. The zero-order valence-electron chi connectivity index (χ0n) is 17.1. The van der Waals surface area contributed by atoms with Crippen LogP contribution in [0.15, 0.2) is 89.2 Å². The van der Waals surface area contributed by atoms with Crippen LogP contribution in [0.25, 0.3) is 33.3 Å². The molecule has 0 aliphatic heterocycles. The van der Waals surface area contributed by atoms with Crippen LogP contribution in [0.4, 0.5) is 10.3 Å². The molecule has 5 rings (SSSR count). The third kappa shape index (κ3) is 3.49. The highest BCUT2D eigenvalue weighted by molar-refractivity contribution is 7.91. The zero-order chi connectivity index (χ0) is 22.2. The van der Waals surface area contributed by atoms with Crippen LogP contribution in [0.5, 0.6) is 0 Å². The van der Waals surface area contributed by atoms with Crippen LogP contribution in [-0.4, -0.2) is 24.1 Å². The van der Waals surface area contributed by atoms with Crippen LogP contribution in [0.3, 0.4) is 0 Å². The van der Waals surface area contributed by atoms with Crippen molar-refractivity contribution in [3.63, 3.8) is 0 Å². The van der Waals surface area contributed by atoms with Crippen molar-refractivity contribution in [2.24, 2.45) is 7.05 Å². The minimum Gasteiger partial charge on any atom is -0.604 e. The van der Waals surface area contributed by atoms with Gasteiger partial charge < -0.3 is 10.3 Å². The Hall–Kier alpha value is -3.75. The minimum absolute atomic E-state index is 0.129. The van der Waals surface area contributed by atoms with Gasteiger partial charge in [-0.15, -0.1) is 0 Å². The Morgan fingerprint density at radius 1 is 0.906 bits per heavy atom. The normalized spacial score (nSPS) is 12.2. The van der Waals surface area contributed by atoms with E-state index >= 15 is 4.39 Å². The second-order valence-corrected chi connectivity index (χ2v) is 8.57. The summed E-state index contributed by atoms with van der Waals surface area (Å²) in [5, 5.41) is 0.440. The summed E-state index contributed by atoms with van der Waals surface area (Å²) in [5.41, 5.74) is 9.38. The standard InChI is InChI=1S/C24H18FN5OS/c1-30-21-8-4-3-7-20(21)29-24(30)32(31)22-9-5-2-6-18(22)15-10-11-17(19(25)12-15)16-13-27-23(26)28-14-16/h2-14H,1H3,(H2,26,27,28). The van der Waals surface area contributed by atoms with Gasteiger partial charge in [-0.2, -0.15) is 4.98 Å². The molecule has 32 heavy (non-hydrogen) atoms. The molecule has 0 amide bonds. The van der Waals surface area contributed by atoms with Gasteiger partial charge in [-0.05, 0) is 35.9 Å². The number of rotatable bonds is 4. The highest BCUT2D eigenvalue weighted by Gasteiger charge is 2.26. The molecule has 8 heteroatoms. The quantitative estimate of drug-likeness (QED) is 0.410. The first-order valence-electron chi connectivity index (χ1n) is 9.83. The van der Waals surface area contributed by atoms with Crippen LogP contribution in [0.1, 0.15) is 0 Å².